The first kappa shape index (κ1) is 18.1. The van der Waals surface area contributed by atoms with Gasteiger partial charge in [0.1, 0.15) is 5.82 Å². The molecular weight excluding hydrogens is 345 g/mol. The average Bonchev–Trinajstić information content (AvgIpc) is 3.22. The summed E-state index contributed by atoms with van der Waals surface area (Å²) in [6, 6.07) is 6.74. The molecule has 0 spiro atoms. The molecule has 0 unspecified atom stereocenters. The van der Waals surface area contributed by atoms with Gasteiger partial charge in [-0.25, -0.2) is 14.4 Å². The molecule has 4 rings (SSSR count). The van der Waals surface area contributed by atoms with Gasteiger partial charge in [-0.3, -0.25) is 4.90 Å². The normalized spacial score (nSPS) is 20.8. The van der Waals surface area contributed by atoms with E-state index in [9.17, 15) is 4.39 Å². The van der Waals surface area contributed by atoms with Crippen LogP contribution in [0, 0.1) is 5.82 Å². The molecule has 1 aromatic carbocycles. The van der Waals surface area contributed by atoms with E-state index in [1.165, 1.54) is 12.1 Å². The Balaban J connectivity index is 1.23. The monoisotopic (exact) mass is 371 g/mol. The Morgan fingerprint density at radius 2 is 1.81 bits per heavy atom. The molecule has 2 aromatic rings. The molecule has 1 atom stereocenters. The fraction of sp³-hybridized carbons (Fsp3) is 0.500. The van der Waals surface area contributed by atoms with Gasteiger partial charge in [-0.1, -0.05) is 0 Å². The minimum atomic E-state index is -0.189. The summed E-state index contributed by atoms with van der Waals surface area (Å²) in [7, 11) is 0. The van der Waals surface area contributed by atoms with Crippen LogP contribution >= 0.6 is 0 Å². The maximum absolute atomic E-state index is 13.1. The maximum atomic E-state index is 13.1. The highest BCUT2D eigenvalue weighted by Crippen LogP contribution is 2.18. The van der Waals surface area contributed by atoms with E-state index in [0.29, 0.717) is 5.95 Å². The fourth-order valence-electron chi connectivity index (χ4n) is 3.61. The average molecular weight is 371 g/mol. The van der Waals surface area contributed by atoms with E-state index >= 15 is 0 Å². The van der Waals surface area contributed by atoms with Crippen LogP contribution in [0.5, 0.6) is 0 Å². The Bertz CT molecular complexity index is 710. The van der Waals surface area contributed by atoms with Crippen molar-refractivity contribution in [1.29, 1.82) is 0 Å². The van der Waals surface area contributed by atoms with E-state index in [2.05, 4.69) is 25.1 Å². The summed E-state index contributed by atoms with van der Waals surface area (Å²) in [5.41, 5.74) is 2.20. The van der Waals surface area contributed by atoms with Crippen LogP contribution in [-0.4, -0.2) is 60.3 Å². The topological polar surface area (TPSA) is 53.5 Å². The van der Waals surface area contributed by atoms with Crippen LogP contribution in [0.1, 0.15) is 18.4 Å². The molecule has 2 aliphatic heterocycles. The molecule has 1 aromatic heterocycles. The predicted molar refractivity (Wildman–Crippen MR) is 103 cm³/mol. The fourth-order valence-corrected chi connectivity index (χ4v) is 3.61. The number of nitrogens with zero attached hydrogens (tertiary/aromatic N) is 4. The van der Waals surface area contributed by atoms with Crippen molar-refractivity contribution in [3.8, 4) is 0 Å². The first-order chi connectivity index (χ1) is 13.3. The van der Waals surface area contributed by atoms with Crippen LogP contribution in [0.4, 0.5) is 16.0 Å². The quantitative estimate of drug-likeness (QED) is 0.842. The Morgan fingerprint density at radius 3 is 2.48 bits per heavy atom. The van der Waals surface area contributed by atoms with Crippen molar-refractivity contribution >= 4 is 11.6 Å². The molecule has 0 amide bonds. The molecule has 1 N–H and O–H groups in total. The van der Waals surface area contributed by atoms with E-state index in [0.717, 1.165) is 70.0 Å². The second-order valence-electron chi connectivity index (χ2n) is 7.17. The second kappa shape index (κ2) is 8.63. The van der Waals surface area contributed by atoms with Gasteiger partial charge in [0.2, 0.25) is 5.95 Å². The van der Waals surface area contributed by atoms with Gasteiger partial charge < -0.3 is 15.0 Å². The van der Waals surface area contributed by atoms with Crippen LogP contribution in [0.2, 0.25) is 0 Å². The summed E-state index contributed by atoms with van der Waals surface area (Å²) in [6.45, 7) is 6.29. The van der Waals surface area contributed by atoms with Crippen LogP contribution in [0.15, 0.2) is 36.7 Å². The third kappa shape index (κ3) is 4.93. The highest BCUT2D eigenvalue weighted by atomic mass is 19.1. The minimum absolute atomic E-state index is 0.189. The lowest BCUT2D eigenvalue weighted by molar-refractivity contribution is 0.120. The Hall–Kier alpha value is -2.25. The van der Waals surface area contributed by atoms with Gasteiger partial charge >= 0.3 is 0 Å². The summed E-state index contributed by atoms with van der Waals surface area (Å²) in [5, 5.41) is 3.25. The molecule has 7 heteroatoms. The largest absolute Gasteiger partial charge is 0.376 e. The van der Waals surface area contributed by atoms with E-state index in [-0.39, 0.29) is 11.9 Å². The minimum Gasteiger partial charge on any atom is -0.376 e. The van der Waals surface area contributed by atoms with E-state index in [1.807, 2.05) is 24.5 Å². The molecule has 2 aliphatic rings. The summed E-state index contributed by atoms with van der Waals surface area (Å²) >= 11 is 0. The number of piperazine rings is 1. The Labute approximate surface area is 159 Å². The molecular formula is C20H26FN5O. The van der Waals surface area contributed by atoms with Crippen molar-refractivity contribution in [3.05, 3.63) is 48.0 Å². The number of ether oxygens (including phenoxy) is 1. The van der Waals surface area contributed by atoms with Gasteiger partial charge in [0, 0.05) is 69.5 Å². The summed E-state index contributed by atoms with van der Waals surface area (Å²) < 4.78 is 18.7. The van der Waals surface area contributed by atoms with Gasteiger partial charge in [-0.2, -0.15) is 0 Å². The number of aromatic nitrogens is 2. The van der Waals surface area contributed by atoms with Crippen LogP contribution < -0.4 is 10.2 Å². The Morgan fingerprint density at radius 1 is 1.07 bits per heavy atom. The number of halogens is 1. The van der Waals surface area contributed by atoms with Gasteiger partial charge in [0.05, 0.1) is 6.10 Å². The summed E-state index contributed by atoms with van der Waals surface area (Å²) in [6.07, 6.45) is 6.33. The number of nitrogens with one attached hydrogen (secondary N) is 1. The molecule has 0 radical (unpaired) electrons. The second-order valence-corrected chi connectivity index (χ2v) is 7.17. The zero-order chi connectivity index (χ0) is 18.5. The van der Waals surface area contributed by atoms with Gasteiger partial charge in [-0.15, -0.1) is 0 Å². The van der Waals surface area contributed by atoms with Crippen LogP contribution in [-0.2, 0) is 11.3 Å². The van der Waals surface area contributed by atoms with Gasteiger partial charge in [0.15, 0.2) is 0 Å². The highest BCUT2D eigenvalue weighted by Gasteiger charge is 2.18. The van der Waals surface area contributed by atoms with Gasteiger partial charge in [-0.05, 0) is 37.1 Å². The molecule has 0 aliphatic carbocycles. The van der Waals surface area contributed by atoms with Gasteiger partial charge in [0.25, 0.3) is 0 Å². The van der Waals surface area contributed by atoms with Crippen LogP contribution in [0.25, 0.3) is 0 Å². The number of anilines is 2. The van der Waals surface area contributed by atoms with Crippen molar-refractivity contribution in [2.45, 2.75) is 25.5 Å². The zero-order valence-electron chi connectivity index (χ0n) is 15.5. The maximum Gasteiger partial charge on any atom is 0.222 e. The number of hydrogen-bond donors (Lipinski definition) is 1. The number of rotatable bonds is 6. The van der Waals surface area contributed by atoms with Crippen molar-refractivity contribution in [2.75, 3.05) is 49.5 Å². The molecule has 2 saturated heterocycles. The third-order valence-corrected chi connectivity index (χ3v) is 5.19. The molecule has 0 bridgehead atoms. The summed E-state index contributed by atoms with van der Waals surface area (Å²) in [4.78, 5) is 13.5. The zero-order valence-corrected chi connectivity index (χ0v) is 15.5. The molecule has 27 heavy (non-hydrogen) atoms. The Kier molecular flexibility index (Phi) is 5.79. The highest BCUT2D eigenvalue weighted by molar-refractivity contribution is 5.46. The lowest BCUT2D eigenvalue weighted by atomic mass is 10.2. The van der Waals surface area contributed by atoms with Crippen molar-refractivity contribution in [3.63, 3.8) is 0 Å². The van der Waals surface area contributed by atoms with Crippen LogP contribution in [0.3, 0.4) is 0 Å². The molecule has 0 saturated carbocycles. The molecule has 144 valence electrons. The SMILES string of the molecule is Fc1ccc(N2CCN(Cc3cnc(NC[C@H]4CCCO4)nc3)CC2)cc1. The first-order valence-electron chi connectivity index (χ1n) is 9.65. The van der Waals surface area contributed by atoms with E-state index in [4.69, 9.17) is 4.74 Å². The number of benzene rings is 1. The smallest absolute Gasteiger partial charge is 0.222 e. The number of hydrogen-bond acceptors (Lipinski definition) is 6. The molecule has 6 nitrogen and oxygen atoms in total. The van der Waals surface area contributed by atoms with E-state index < -0.39 is 0 Å². The standard InChI is InChI=1S/C20H26FN5O/c21-17-3-5-18(6-4-17)26-9-7-25(8-10-26)15-16-12-22-20(23-13-16)24-14-19-2-1-11-27-19/h3-6,12-13,19H,1-2,7-11,14-15H2,(H,22,23,24)/t19-/m1/s1. The third-order valence-electron chi connectivity index (χ3n) is 5.19. The first-order valence-corrected chi connectivity index (χ1v) is 9.65. The summed E-state index contributed by atoms with van der Waals surface area (Å²) in [5.74, 6) is 0.474. The molecule has 3 heterocycles. The van der Waals surface area contributed by atoms with Crippen molar-refractivity contribution in [1.82, 2.24) is 14.9 Å². The molecule has 2 fully saturated rings. The van der Waals surface area contributed by atoms with Crippen molar-refractivity contribution < 1.29 is 9.13 Å². The van der Waals surface area contributed by atoms with Crippen molar-refractivity contribution in [2.24, 2.45) is 0 Å². The van der Waals surface area contributed by atoms with E-state index in [1.54, 1.807) is 0 Å². The lowest BCUT2D eigenvalue weighted by Crippen LogP contribution is -2.46. The lowest BCUT2D eigenvalue weighted by Gasteiger charge is -2.36. The predicted octanol–water partition coefficient (Wildman–Crippen LogP) is 2.53.